The number of fused-ring (bicyclic) bond motifs is 8. The van der Waals surface area contributed by atoms with E-state index < -0.39 is 5.54 Å². The quantitative estimate of drug-likeness (QED) is 0.135. The average Bonchev–Trinajstić information content (AvgIpc) is 2.12. The van der Waals surface area contributed by atoms with Gasteiger partial charge in [-0.3, -0.25) is 0 Å². The summed E-state index contributed by atoms with van der Waals surface area (Å²) >= 11 is 0. The van der Waals surface area contributed by atoms with E-state index in [1.165, 1.54) is 110 Å². The Kier molecular flexibility index (Phi) is 11.8. The summed E-state index contributed by atoms with van der Waals surface area (Å²) in [4.78, 5) is 5.01. The number of hydrogen-bond donors (Lipinski definition) is 0. The normalized spacial score (nSPS) is 15.7. The summed E-state index contributed by atoms with van der Waals surface area (Å²) in [7, 11) is 0. The number of hydrogen-bond acceptors (Lipinski definition) is 2. The second-order valence-corrected chi connectivity index (χ2v) is 24.2. The molecule has 12 aromatic carbocycles. The zero-order valence-corrected chi connectivity index (χ0v) is 47.7. The lowest BCUT2D eigenvalue weighted by Gasteiger charge is -2.42. The van der Waals surface area contributed by atoms with E-state index in [9.17, 15) is 0 Å². The molecule has 3 aliphatic carbocycles. The molecule has 0 aliphatic heterocycles. The summed E-state index contributed by atoms with van der Waals surface area (Å²) in [5.41, 5.74) is 25.3. The second-order valence-electron chi connectivity index (χ2n) is 24.2. The van der Waals surface area contributed by atoms with Crippen molar-refractivity contribution in [3.05, 3.63) is 306 Å². The summed E-state index contributed by atoms with van der Waals surface area (Å²) in [6.07, 6.45) is 5.99. The topological polar surface area (TPSA) is 6.48 Å². The SMILES string of the molecule is CC1(C)c2ccccc2-c2ccc(-c3c4c(c(-c5ccc6c(c5)C(C)(C)c5ccccc5-6)c5cc(N(c6ccccc6)c6ccc(-c7ccccc7)cc6)ccc35)=CCC(C)(N(c3ccccc3)c3ccc(-c5ccccc5)cc3)C=4)cc21. The second kappa shape index (κ2) is 19.5. The Labute approximate surface area is 488 Å². The van der Waals surface area contributed by atoms with Crippen LogP contribution in [0.3, 0.4) is 0 Å². The molecule has 0 radical (unpaired) electrons. The average molecular weight is 1070 g/mol. The van der Waals surface area contributed by atoms with Gasteiger partial charge in [-0.25, -0.2) is 0 Å². The molecule has 0 N–H and O–H groups in total. The standard InChI is InChI=1S/C81H64N2/c1-79(2)73-32-20-18-30-65(73)67-45-38-58(50-75(67)79)77-70-48-49-81(5,83(62-28-16-9-17-29-62)63-42-36-57(37-43-63)55-24-12-7-13-25-55)53-72(70)78(59-39-46-68-66-31-19-21-33-74(66)80(3,4)76(68)51-59)69-47-44-64(52-71(69)77)82(60-26-14-8-15-27-60)61-40-34-56(35-41-61)54-22-10-6-11-23-54/h6-48,50-53H,49H2,1-5H3. The Morgan fingerprint density at radius 3 is 1.20 bits per heavy atom. The van der Waals surface area contributed by atoms with Crippen molar-refractivity contribution in [1.29, 1.82) is 0 Å². The van der Waals surface area contributed by atoms with Crippen LogP contribution in [0.5, 0.6) is 0 Å². The number of benzene rings is 12. The lowest BCUT2D eigenvalue weighted by atomic mass is 9.78. The fourth-order valence-electron chi connectivity index (χ4n) is 14.4. The zero-order chi connectivity index (χ0) is 56.0. The van der Waals surface area contributed by atoms with Crippen LogP contribution in [0.25, 0.3) is 89.7 Å². The van der Waals surface area contributed by atoms with Crippen LogP contribution in [0.15, 0.2) is 273 Å². The van der Waals surface area contributed by atoms with Gasteiger partial charge in [-0.1, -0.05) is 240 Å². The molecule has 0 fully saturated rings. The maximum atomic E-state index is 2.64. The Morgan fingerprint density at radius 2 is 0.675 bits per heavy atom. The van der Waals surface area contributed by atoms with Gasteiger partial charge in [0.2, 0.25) is 0 Å². The smallest absolute Gasteiger partial charge is 0.0649 e. The summed E-state index contributed by atoms with van der Waals surface area (Å²) in [5.74, 6) is 0. The molecule has 1 atom stereocenters. The molecular weight excluding hydrogens is 1000 g/mol. The highest BCUT2D eigenvalue weighted by Gasteiger charge is 2.39. The summed E-state index contributed by atoms with van der Waals surface area (Å²) in [5, 5.41) is 4.96. The molecule has 0 bridgehead atoms. The number of rotatable bonds is 10. The lowest BCUT2D eigenvalue weighted by molar-refractivity contribution is 0.616. The van der Waals surface area contributed by atoms with Gasteiger partial charge in [-0.05, 0) is 196 Å². The number of anilines is 5. The Morgan fingerprint density at radius 1 is 0.289 bits per heavy atom. The molecule has 0 saturated heterocycles. The van der Waals surface area contributed by atoms with E-state index in [4.69, 9.17) is 0 Å². The molecule has 1 unspecified atom stereocenters. The minimum atomic E-state index is -0.494. The maximum Gasteiger partial charge on any atom is 0.0649 e. The highest BCUT2D eigenvalue weighted by molar-refractivity contribution is 6.09. The Balaban J connectivity index is 1.02. The third-order valence-corrected chi connectivity index (χ3v) is 18.6. The number of para-hydroxylation sites is 2. The summed E-state index contributed by atoms with van der Waals surface area (Å²) in [6.45, 7) is 12.1. The van der Waals surface area contributed by atoms with Crippen LogP contribution in [-0.2, 0) is 10.8 Å². The van der Waals surface area contributed by atoms with Gasteiger partial charge in [-0.2, -0.15) is 0 Å². The molecule has 12 aromatic rings. The Hall–Kier alpha value is -9.76. The maximum absolute atomic E-state index is 2.64. The first-order valence-electron chi connectivity index (χ1n) is 29.4. The first-order valence-corrected chi connectivity index (χ1v) is 29.4. The van der Waals surface area contributed by atoms with E-state index in [1.54, 1.807) is 0 Å². The monoisotopic (exact) mass is 1060 g/mol. The molecule has 2 heteroatoms. The van der Waals surface area contributed by atoms with Gasteiger partial charge in [0, 0.05) is 39.3 Å². The van der Waals surface area contributed by atoms with Gasteiger partial charge < -0.3 is 9.80 Å². The van der Waals surface area contributed by atoms with E-state index in [1.807, 2.05) is 0 Å². The van der Waals surface area contributed by atoms with Crippen molar-refractivity contribution in [2.75, 3.05) is 9.80 Å². The predicted molar refractivity (Wildman–Crippen MR) is 352 cm³/mol. The van der Waals surface area contributed by atoms with Gasteiger partial charge >= 0.3 is 0 Å². The van der Waals surface area contributed by atoms with Crippen molar-refractivity contribution < 1.29 is 0 Å². The van der Waals surface area contributed by atoms with E-state index in [0.29, 0.717) is 0 Å². The van der Waals surface area contributed by atoms with Gasteiger partial charge in [0.05, 0.1) is 5.54 Å². The molecule has 83 heavy (non-hydrogen) atoms. The van der Waals surface area contributed by atoms with Crippen molar-refractivity contribution in [2.24, 2.45) is 0 Å². The van der Waals surface area contributed by atoms with Crippen LogP contribution >= 0.6 is 0 Å². The van der Waals surface area contributed by atoms with Gasteiger partial charge in [0.1, 0.15) is 0 Å². The minimum absolute atomic E-state index is 0.186. The highest BCUT2D eigenvalue weighted by atomic mass is 15.2. The zero-order valence-electron chi connectivity index (χ0n) is 47.7. The van der Waals surface area contributed by atoms with E-state index in [-0.39, 0.29) is 10.8 Å². The first kappa shape index (κ1) is 50.2. The predicted octanol–water partition coefficient (Wildman–Crippen LogP) is 20.2. The molecule has 3 aliphatic rings. The molecule has 398 valence electrons. The summed E-state index contributed by atoms with van der Waals surface area (Å²) in [6, 6.07) is 102. The van der Waals surface area contributed by atoms with Crippen LogP contribution in [0.1, 0.15) is 63.3 Å². The van der Waals surface area contributed by atoms with Crippen LogP contribution in [0.4, 0.5) is 28.4 Å². The van der Waals surface area contributed by atoms with E-state index >= 15 is 0 Å². The van der Waals surface area contributed by atoms with Crippen molar-refractivity contribution in [1.82, 2.24) is 0 Å². The van der Waals surface area contributed by atoms with Gasteiger partial charge in [0.15, 0.2) is 0 Å². The molecule has 0 heterocycles. The number of nitrogens with zero attached hydrogens (tertiary/aromatic N) is 2. The minimum Gasteiger partial charge on any atom is -0.332 e. The van der Waals surface area contributed by atoms with Crippen molar-refractivity contribution in [2.45, 2.75) is 57.4 Å². The summed E-state index contributed by atoms with van der Waals surface area (Å²) < 4.78 is 0. The van der Waals surface area contributed by atoms with Crippen LogP contribution in [0.2, 0.25) is 0 Å². The van der Waals surface area contributed by atoms with Crippen molar-refractivity contribution in [3.8, 4) is 66.8 Å². The highest BCUT2D eigenvalue weighted by Crippen LogP contribution is 2.52. The van der Waals surface area contributed by atoms with Gasteiger partial charge in [0.25, 0.3) is 0 Å². The molecule has 0 amide bonds. The van der Waals surface area contributed by atoms with Crippen LogP contribution in [-0.4, -0.2) is 5.54 Å². The molecular formula is C81H64N2. The fraction of sp³-hybridized carbons (Fsp3) is 0.111. The van der Waals surface area contributed by atoms with Crippen LogP contribution < -0.4 is 20.2 Å². The lowest BCUT2D eigenvalue weighted by Crippen LogP contribution is -2.48. The van der Waals surface area contributed by atoms with Crippen LogP contribution in [0, 0.1) is 0 Å². The fourth-order valence-corrected chi connectivity index (χ4v) is 14.4. The van der Waals surface area contributed by atoms with Crippen molar-refractivity contribution in [3.63, 3.8) is 0 Å². The molecule has 2 nitrogen and oxygen atoms in total. The third kappa shape index (κ3) is 8.22. The first-order chi connectivity index (χ1) is 40.5. The van der Waals surface area contributed by atoms with Gasteiger partial charge in [-0.15, -0.1) is 0 Å². The molecule has 0 saturated carbocycles. The molecule has 0 aromatic heterocycles. The molecule has 15 rings (SSSR count). The molecule has 0 spiro atoms. The third-order valence-electron chi connectivity index (χ3n) is 18.6. The van der Waals surface area contributed by atoms with E-state index in [2.05, 4.69) is 330 Å². The van der Waals surface area contributed by atoms with Crippen molar-refractivity contribution >= 4 is 51.4 Å². The largest absolute Gasteiger partial charge is 0.332 e. The van der Waals surface area contributed by atoms with E-state index in [0.717, 1.165) is 34.9 Å². The Bertz CT molecular complexity index is 4620.